The van der Waals surface area contributed by atoms with Crippen LogP contribution in [0.5, 0.6) is 0 Å². The van der Waals surface area contributed by atoms with Crippen molar-refractivity contribution in [3.63, 3.8) is 0 Å². The number of benzene rings is 1. The zero-order valence-electron chi connectivity index (χ0n) is 11.0. The summed E-state index contributed by atoms with van der Waals surface area (Å²) in [5.74, 6) is 0.0463. The van der Waals surface area contributed by atoms with E-state index in [0.29, 0.717) is 6.54 Å². The second-order valence-electron chi connectivity index (χ2n) is 4.62. The number of nitrogens with one attached hydrogen (secondary N) is 1. The maximum absolute atomic E-state index is 12.0. The lowest BCUT2D eigenvalue weighted by Crippen LogP contribution is -2.47. The first-order valence-electron chi connectivity index (χ1n) is 6.34. The van der Waals surface area contributed by atoms with Crippen molar-refractivity contribution in [3.8, 4) is 0 Å². The highest BCUT2D eigenvalue weighted by Gasteiger charge is 2.27. The minimum Gasteiger partial charge on any atom is -0.366 e. The second-order valence-corrected chi connectivity index (χ2v) is 4.62. The molecule has 0 radical (unpaired) electrons. The number of anilines is 1. The summed E-state index contributed by atoms with van der Waals surface area (Å²) in [6.07, 6.45) is 1.04. The van der Waals surface area contributed by atoms with Gasteiger partial charge in [0.15, 0.2) is 0 Å². The Balaban J connectivity index is 2.10. The van der Waals surface area contributed by atoms with E-state index in [9.17, 15) is 4.79 Å². The summed E-state index contributed by atoms with van der Waals surface area (Å²) < 4.78 is 5.55. The first-order chi connectivity index (χ1) is 8.72. The lowest BCUT2D eigenvalue weighted by Gasteiger charge is -2.33. The Morgan fingerprint density at radius 1 is 1.44 bits per heavy atom. The second kappa shape index (κ2) is 5.98. The molecule has 0 aliphatic carbocycles. The van der Waals surface area contributed by atoms with Crippen LogP contribution < -0.4 is 10.2 Å². The van der Waals surface area contributed by atoms with Gasteiger partial charge in [-0.15, -0.1) is 0 Å². The van der Waals surface area contributed by atoms with E-state index in [1.807, 2.05) is 43.1 Å². The van der Waals surface area contributed by atoms with Gasteiger partial charge in [-0.1, -0.05) is 18.2 Å². The van der Waals surface area contributed by atoms with Crippen LogP contribution in [0, 0.1) is 6.92 Å². The van der Waals surface area contributed by atoms with Crippen molar-refractivity contribution in [1.82, 2.24) is 5.32 Å². The van der Waals surface area contributed by atoms with Crippen LogP contribution in [0.3, 0.4) is 0 Å². The van der Waals surface area contributed by atoms with Gasteiger partial charge in [-0.3, -0.25) is 4.79 Å². The number of amides is 1. The molecule has 0 bridgehead atoms. The molecule has 1 heterocycles. The molecule has 1 atom stereocenters. The lowest BCUT2D eigenvalue weighted by molar-refractivity contribution is -0.129. The SMILES string of the molecule is CNCCC1CN(c2ccccc2C)C(=O)CO1. The number of hydrogen-bond acceptors (Lipinski definition) is 3. The molecule has 1 amide bonds. The van der Waals surface area contributed by atoms with Crippen molar-refractivity contribution < 1.29 is 9.53 Å². The Hall–Kier alpha value is -1.39. The van der Waals surface area contributed by atoms with Gasteiger partial charge in [0.05, 0.1) is 12.6 Å². The number of carbonyl (C=O) groups excluding carboxylic acids is 1. The van der Waals surface area contributed by atoms with Crippen LogP contribution in [0.15, 0.2) is 24.3 Å². The van der Waals surface area contributed by atoms with Crippen molar-refractivity contribution >= 4 is 11.6 Å². The van der Waals surface area contributed by atoms with E-state index in [2.05, 4.69) is 5.32 Å². The van der Waals surface area contributed by atoms with E-state index in [1.54, 1.807) is 0 Å². The molecule has 4 nitrogen and oxygen atoms in total. The van der Waals surface area contributed by atoms with Crippen molar-refractivity contribution in [1.29, 1.82) is 0 Å². The Bertz CT molecular complexity index is 420. The van der Waals surface area contributed by atoms with Gasteiger partial charge >= 0.3 is 0 Å². The standard InChI is InChI=1S/C14H20N2O2/c1-11-5-3-4-6-13(11)16-9-12(7-8-15-2)18-10-14(16)17/h3-6,12,15H,7-10H2,1-2H3. The number of carbonyl (C=O) groups is 1. The molecule has 1 saturated heterocycles. The molecule has 1 aromatic rings. The Morgan fingerprint density at radius 2 is 2.22 bits per heavy atom. The number of rotatable bonds is 4. The number of nitrogens with zero attached hydrogens (tertiary/aromatic N) is 1. The smallest absolute Gasteiger partial charge is 0.253 e. The molecule has 1 fully saturated rings. The molecular weight excluding hydrogens is 228 g/mol. The van der Waals surface area contributed by atoms with Crippen LogP contribution in [0.2, 0.25) is 0 Å². The molecule has 1 N–H and O–H groups in total. The summed E-state index contributed by atoms with van der Waals surface area (Å²) >= 11 is 0. The summed E-state index contributed by atoms with van der Waals surface area (Å²) in [5, 5.41) is 3.11. The third kappa shape index (κ3) is 2.89. The highest BCUT2D eigenvalue weighted by atomic mass is 16.5. The number of ether oxygens (including phenoxy) is 1. The Morgan fingerprint density at radius 3 is 2.94 bits per heavy atom. The van der Waals surface area contributed by atoms with Crippen LogP contribution in [-0.2, 0) is 9.53 Å². The Labute approximate surface area is 108 Å². The molecule has 1 aliphatic rings. The van der Waals surface area contributed by atoms with E-state index in [1.165, 1.54) is 0 Å². The minimum absolute atomic E-state index is 0.0463. The van der Waals surface area contributed by atoms with Crippen molar-refractivity contribution in [2.24, 2.45) is 0 Å². The largest absolute Gasteiger partial charge is 0.366 e. The first kappa shape index (κ1) is 13.1. The normalized spacial score (nSPS) is 20.2. The average Bonchev–Trinajstić information content (AvgIpc) is 2.39. The van der Waals surface area contributed by atoms with Crippen LogP contribution >= 0.6 is 0 Å². The molecule has 1 unspecified atom stereocenters. The zero-order chi connectivity index (χ0) is 13.0. The molecular formula is C14H20N2O2. The van der Waals surface area contributed by atoms with Gasteiger partial charge < -0.3 is 15.0 Å². The molecule has 4 heteroatoms. The molecule has 1 aliphatic heterocycles. The van der Waals surface area contributed by atoms with Crippen molar-refractivity contribution in [2.45, 2.75) is 19.4 Å². The lowest BCUT2D eigenvalue weighted by atomic mass is 10.1. The monoisotopic (exact) mass is 248 g/mol. The number of aryl methyl sites for hydroxylation is 1. The summed E-state index contributed by atoms with van der Waals surface area (Å²) in [6, 6.07) is 7.98. The van der Waals surface area contributed by atoms with Gasteiger partial charge in [-0.25, -0.2) is 0 Å². The molecule has 18 heavy (non-hydrogen) atoms. The van der Waals surface area contributed by atoms with Crippen LogP contribution in [0.1, 0.15) is 12.0 Å². The molecule has 0 saturated carbocycles. The third-order valence-corrected chi connectivity index (χ3v) is 3.25. The fourth-order valence-electron chi connectivity index (χ4n) is 2.20. The summed E-state index contributed by atoms with van der Waals surface area (Å²) in [5.41, 5.74) is 2.13. The Kier molecular flexibility index (Phi) is 4.33. The fraction of sp³-hybridized carbons (Fsp3) is 0.500. The predicted molar refractivity (Wildman–Crippen MR) is 71.8 cm³/mol. The highest BCUT2D eigenvalue weighted by Crippen LogP contribution is 2.23. The number of morpholine rings is 1. The van der Waals surface area contributed by atoms with E-state index >= 15 is 0 Å². The van der Waals surface area contributed by atoms with Gasteiger partial charge in [0, 0.05) is 5.69 Å². The summed E-state index contributed by atoms with van der Waals surface area (Å²) in [6.45, 7) is 3.76. The van der Waals surface area contributed by atoms with Gasteiger partial charge in [0.2, 0.25) is 0 Å². The van der Waals surface area contributed by atoms with E-state index in [-0.39, 0.29) is 18.6 Å². The molecule has 0 aromatic heterocycles. The third-order valence-electron chi connectivity index (χ3n) is 3.25. The van der Waals surface area contributed by atoms with Crippen LogP contribution in [-0.4, -0.2) is 38.8 Å². The molecule has 98 valence electrons. The first-order valence-corrected chi connectivity index (χ1v) is 6.34. The van der Waals surface area contributed by atoms with Crippen LogP contribution in [0.4, 0.5) is 5.69 Å². The minimum atomic E-state index is 0.0463. The maximum Gasteiger partial charge on any atom is 0.253 e. The van der Waals surface area contributed by atoms with Crippen molar-refractivity contribution in [2.75, 3.05) is 31.6 Å². The van der Waals surface area contributed by atoms with Gasteiger partial charge in [0.25, 0.3) is 5.91 Å². The van der Waals surface area contributed by atoms with Gasteiger partial charge in [-0.05, 0) is 38.6 Å². The zero-order valence-corrected chi connectivity index (χ0v) is 11.0. The van der Waals surface area contributed by atoms with E-state index in [0.717, 1.165) is 24.2 Å². The summed E-state index contributed by atoms with van der Waals surface area (Å²) in [7, 11) is 1.92. The fourth-order valence-corrected chi connectivity index (χ4v) is 2.20. The predicted octanol–water partition coefficient (Wildman–Crippen LogP) is 1.34. The number of hydrogen-bond donors (Lipinski definition) is 1. The van der Waals surface area contributed by atoms with Crippen LogP contribution in [0.25, 0.3) is 0 Å². The average molecular weight is 248 g/mol. The maximum atomic E-state index is 12.0. The molecule has 1 aromatic carbocycles. The number of para-hydroxylation sites is 1. The van der Waals surface area contributed by atoms with Crippen molar-refractivity contribution in [3.05, 3.63) is 29.8 Å². The topological polar surface area (TPSA) is 41.6 Å². The van der Waals surface area contributed by atoms with E-state index in [4.69, 9.17) is 4.74 Å². The molecule has 0 spiro atoms. The molecule has 2 rings (SSSR count). The highest BCUT2D eigenvalue weighted by molar-refractivity contribution is 5.95. The van der Waals surface area contributed by atoms with E-state index < -0.39 is 0 Å². The quantitative estimate of drug-likeness (QED) is 0.874. The van der Waals surface area contributed by atoms with Gasteiger partial charge in [0.1, 0.15) is 6.61 Å². The van der Waals surface area contributed by atoms with Gasteiger partial charge in [-0.2, -0.15) is 0 Å². The summed E-state index contributed by atoms with van der Waals surface area (Å²) in [4.78, 5) is 13.8.